The van der Waals surface area contributed by atoms with Gasteiger partial charge >= 0.3 is 0 Å². The summed E-state index contributed by atoms with van der Waals surface area (Å²) in [5.41, 5.74) is 1.17. The first-order valence-electron chi connectivity index (χ1n) is 4.84. The maximum atomic E-state index is 9.68. The van der Waals surface area contributed by atoms with Crippen molar-refractivity contribution < 1.29 is 9.84 Å². The smallest absolute Gasteiger partial charge is 0.118 e. The maximum absolute atomic E-state index is 9.68. The number of nitrogens with one attached hydrogen (secondary N) is 1. The van der Waals surface area contributed by atoms with Crippen LogP contribution in [-0.4, -0.2) is 31.4 Å². The highest BCUT2D eigenvalue weighted by atomic mass is 16.5. The monoisotopic (exact) mass is 193 g/mol. The number of methoxy groups -OCH3 is 1. The molecule has 2 unspecified atom stereocenters. The van der Waals surface area contributed by atoms with Gasteiger partial charge in [-0.05, 0) is 17.7 Å². The standard InChI is InChI=1S/C11H15NO2/c1-14-9-4-2-8(3-5-9)10-6-12-7-11(10)13/h2-5,10-13H,6-7H2,1H3. The lowest BCUT2D eigenvalue weighted by atomic mass is 9.96. The van der Waals surface area contributed by atoms with Crippen LogP contribution in [0.15, 0.2) is 24.3 Å². The van der Waals surface area contributed by atoms with Crippen LogP contribution >= 0.6 is 0 Å². The van der Waals surface area contributed by atoms with Gasteiger partial charge in [0.25, 0.3) is 0 Å². The fourth-order valence-corrected chi connectivity index (χ4v) is 1.86. The molecular formula is C11H15NO2. The van der Waals surface area contributed by atoms with Crippen molar-refractivity contribution in [2.45, 2.75) is 12.0 Å². The Balaban J connectivity index is 2.16. The highest BCUT2D eigenvalue weighted by Crippen LogP contribution is 2.24. The molecular weight excluding hydrogens is 178 g/mol. The molecule has 3 heteroatoms. The number of aliphatic hydroxyl groups excluding tert-OH is 1. The van der Waals surface area contributed by atoms with Crippen molar-refractivity contribution in [1.29, 1.82) is 0 Å². The zero-order chi connectivity index (χ0) is 9.97. The Bertz CT molecular complexity index is 297. The number of hydrogen-bond acceptors (Lipinski definition) is 3. The van der Waals surface area contributed by atoms with E-state index in [0.717, 1.165) is 12.3 Å². The predicted octanol–water partition coefficient (Wildman–Crippen LogP) is 0.743. The molecule has 1 aliphatic heterocycles. The molecule has 1 saturated heterocycles. The van der Waals surface area contributed by atoms with Crippen molar-refractivity contribution in [2.24, 2.45) is 0 Å². The molecule has 14 heavy (non-hydrogen) atoms. The third-order valence-corrected chi connectivity index (χ3v) is 2.73. The van der Waals surface area contributed by atoms with Gasteiger partial charge in [0, 0.05) is 19.0 Å². The topological polar surface area (TPSA) is 41.5 Å². The van der Waals surface area contributed by atoms with Crippen molar-refractivity contribution in [1.82, 2.24) is 5.32 Å². The van der Waals surface area contributed by atoms with E-state index in [1.165, 1.54) is 5.56 Å². The Morgan fingerprint density at radius 3 is 2.50 bits per heavy atom. The number of benzene rings is 1. The average molecular weight is 193 g/mol. The molecule has 1 aliphatic rings. The van der Waals surface area contributed by atoms with Gasteiger partial charge in [-0.1, -0.05) is 12.1 Å². The summed E-state index contributed by atoms with van der Waals surface area (Å²) in [4.78, 5) is 0. The minimum Gasteiger partial charge on any atom is -0.497 e. The van der Waals surface area contributed by atoms with E-state index in [4.69, 9.17) is 4.74 Å². The molecule has 76 valence electrons. The van der Waals surface area contributed by atoms with E-state index in [1.54, 1.807) is 7.11 Å². The van der Waals surface area contributed by atoms with Gasteiger partial charge in [-0.25, -0.2) is 0 Å². The lowest BCUT2D eigenvalue weighted by molar-refractivity contribution is 0.177. The van der Waals surface area contributed by atoms with Crippen LogP contribution in [-0.2, 0) is 0 Å². The molecule has 2 N–H and O–H groups in total. The van der Waals surface area contributed by atoms with E-state index in [9.17, 15) is 5.11 Å². The summed E-state index contributed by atoms with van der Waals surface area (Å²) in [6, 6.07) is 7.89. The van der Waals surface area contributed by atoms with Gasteiger partial charge in [0.2, 0.25) is 0 Å². The van der Waals surface area contributed by atoms with Crippen LogP contribution in [0.2, 0.25) is 0 Å². The Morgan fingerprint density at radius 1 is 1.29 bits per heavy atom. The third-order valence-electron chi connectivity index (χ3n) is 2.73. The number of rotatable bonds is 2. The van der Waals surface area contributed by atoms with E-state index < -0.39 is 0 Å². The van der Waals surface area contributed by atoms with Gasteiger partial charge < -0.3 is 15.2 Å². The van der Waals surface area contributed by atoms with Crippen LogP contribution in [0.5, 0.6) is 5.75 Å². The molecule has 0 aromatic heterocycles. The largest absolute Gasteiger partial charge is 0.497 e. The van der Waals surface area contributed by atoms with E-state index in [2.05, 4.69) is 5.32 Å². The van der Waals surface area contributed by atoms with Gasteiger partial charge in [-0.2, -0.15) is 0 Å². The second-order valence-electron chi connectivity index (χ2n) is 3.61. The molecule has 3 nitrogen and oxygen atoms in total. The molecule has 0 amide bonds. The van der Waals surface area contributed by atoms with Crippen molar-refractivity contribution in [3.05, 3.63) is 29.8 Å². The normalized spacial score (nSPS) is 26.4. The number of β-amino-alcohol motifs (C(OH)–C–C–N with tert-alkyl or cyclic N) is 1. The molecule has 1 aromatic rings. The molecule has 0 bridgehead atoms. The summed E-state index contributed by atoms with van der Waals surface area (Å²) < 4.78 is 5.08. The van der Waals surface area contributed by atoms with E-state index >= 15 is 0 Å². The fraction of sp³-hybridized carbons (Fsp3) is 0.455. The van der Waals surface area contributed by atoms with Crippen molar-refractivity contribution in [3.8, 4) is 5.75 Å². The Morgan fingerprint density at radius 2 is 2.00 bits per heavy atom. The Labute approximate surface area is 83.7 Å². The highest BCUT2D eigenvalue weighted by molar-refractivity contribution is 5.30. The van der Waals surface area contributed by atoms with Gasteiger partial charge in [-0.3, -0.25) is 0 Å². The van der Waals surface area contributed by atoms with Crippen LogP contribution in [0.25, 0.3) is 0 Å². The molecule has 0 radical (unpaired) electrons. The van der Waals surface area contributed by atoms with Crippen molar-refractivity contribution >= 4 is 0 Å². The van der Waals surface area contributed by atoms with Gasteiger partial charge in [-0.15, -0.1) is 0 Å². The zero-order valence-corrected chi connectivity index (χ0v) is 8.23. The predicted molar refractivity (Wildman–Crippen MR) is 54.6 cm³/mol. The van der Waals surface area contributed by atoms with Crippen LogP contribution in [0.4, 0.5) is 0 Å². The third kappa shape index (κ3) is 1.74. The molecule has 2 rings (SSSR count). The quantitative estimate of drug-likeness (QED) is 0.728. The van der Waals surface area contributed by atoms with E-state index in [-0.39, 0.29) is 12.0 Å². The molecule has 1 fully saturated rings. The van der Waals surface area contributed by atoms with Crippen molar-refractivity contribution in [2.75, 3.05) is 20.2 Å². The number of aliphatic hydroxyl groups is 1. The highest BCUT2D eigenvalue weighted by Gasteiger charge is 2.25. The summed E-state index contributed by atoms with van der Waals surface area (Å²) in [6.45, 7) is 1.55. The fourth-order valence-electron chi connectivity index (χ4n) is 1.86. The first-order chi connectivity index (χ1) is 6.81. The van der Waals surface area contributed by atoms with Crippen LogP contribution in [0, 0.1) is 0 Å². The molecule has 1 aromatic carbocycles. The van der Waals surface area contributed by atoms with E-state index in [0.29, 0.717) is 6.54 Å². The zero-order valence-electron chi connectivity index (χ0n) is 8.23. The maximum Gasteiger partial charge on any atom is 0.118 e. The minimum absolute atomic E-state index is 0.223. The van der Waals surface area contributed by atoms with Crippen LogP contribution in [0.3, 0.4) is 0 Å². The summed E-state index contributed by atoms with van der Waals surface area (Å²) in [7, 11) is 1.65. The second kappa shape index (κ2) is 3.98. The summed E-state index contributed by atoms with van der Waals surface area (Å²) in [5, 5.41) is 12.8. The lowest BCUT2D eigenvalue weighted by Crippen LogP contribution is -2.15. The van der Waals surface area contributed by atoms with E-state index in [1.807, 2.05) is 24.3 Å². The average Bonchev–Trinajstić information content (AvgIpc) is 2.65. The Kier molecular flexibility index (Phi) is 2.70. The van der Waals surface area contributed by atoms with Crippen LogP contribution in [0.1, 0.15) is 11.5 Å². The first-order valence-corrected chi connectivity index (χ1v) is 4.84. The minimum atomic E-state index is -0.261. The van der Waals surface area contributed by atoms with Gasteiger partial charge in [0.1, 0.15) is 5.75 Å². The second-order valence-corrected chi connectivity index (χ2v) is 3.61. The SMILES string of the molecule is COc1ccc(C2CNCC2O)cc1. The Hall–Kier alpha value is -1.06. The summed E-state index contributed by atoms with van der Waals surface area (Å²) >= 11 is 0. The van der Waals surface area contributed by atoms with Gasteiger partial charge in [0.15, 0.2) is 0 Å². The van der Waals surface area contributed by atoms with Crippen LogP contribution < -0.4 is 10.1 Å². The lowest BCUT2D eigenvalue weighted by Gasteiger charge is -2.13. The number of ether oxygens (including phenoxy) is 1. The molecule has 0 aliphatic carbocycles. The van der Waals surface area contributed by atoms with Crippen molar-refractivity contribution in [3.63, 3.8) is 0 Å². The molecule has 0 spiro atoms. The molecule has 2 atom stereocenters. The van der Waals surface area contributed by atoms with Gasteiger partial charge in [0.05, 0.1) is 13.2 Å². The molecule has 0 saturated carbocycles. The summed E-state index contributed by atoms with van der Waals surface area (Å²) in [6.07, 6.45) is -0.261. The first kappa shape index (κ1) is 9.49. The molecule has 1 heterocycles. The number of hydrogen-bond donors (Lipinski definition) is 2. The summed E-state index contributed by atoms with van der Waals surface area (Å²) in [5.74, 6) is 1.08.